The van der Waals surface area contributed by atoms with Gasteiger partial charge < -0.3 is 16.0 Å². The van der Waals surface area contributed by atoms with Crippen molar-refractivity contribution in [2.45, 2.75) is 38.4 Å². The van der Waals surface area contributed by atoms with Gasteiger partial charge >= 0.3 is 6.18 Å². The minimum atomic E-state index is -4.43. The zero-order valence-electron chi connectivity index (χ0n) is 21.9. The van der Waals surface area contributed by atoms with Crippen molar-refractivity contribution in [1.82, 2.24) is 5.32 Å². The topological polar surface area (TPSA) is 75.4 Å². The van der Waals surface area contributed by atoms with Gasteiger partial charge in [-0.15, -0.1) is 0 Å². The quantitative estimate of drug-likeness (QED) is 0.364. The SMILES string of the molecule is NC(=O)c1ccccc1-c1ccc(CN2CCCc3cc(C(=O)NCC4=CCCC=C4C(F)(F)F)ccc32)cc1. The molecule has 206 valence electrons. The van der Waals surface area contributed by atoms with Gasteiger partial charge in [-0.3, -0.25) is 9.59 Å². The first kappa shape index (κ1) is 27.2. The standard InChI is InChI=1S/C32H30F3N3O2/c33-32(34,35)28-10-4-1-6-25(28)19-37-31(40)24-15-16-29-23(18-24)7-5-17-38(29)20-21-11-13-22(14-12-21)26-8-2-3-9-27(26)30(36)39/h2-3,6,8-16,18H,1,4-5,7,17,19-20H2,(H2,36,39)(H,37,40). The summed E-state index contributed by atoms with van der Waals surface area (Å²) >= 11 is 0. The van der Waals surface area contributed by atoms with Crippen molar-refractivity contribution in [3.8, 4) is 11.1 Å². The van der Waals surface area contributed by atoms with E-state index in [2.05, 4.69) is 10.2 Å². The van der Waals surface area contributed by atoms with Crippen LogP contribution in [0, 0.1) is 0 Å². The van der Waals surface area contributed by atoms with Crippen molar-refractivity contribution in [3.05, 3.63) is 112 Å². The Morgan fingerprint density at radius 1 is 0.950 bits per heavy atom. The number of amides is 2. The third-order valence-electron chi connectivity index (χ3n) is 7.38. The van der Waals surface area contributed by atoms with Crippen LogP contribution >= 0.6 is 0 Å². The summed E-state index contributed by atoms with van der Waals surface area (Å²) in [4.78, 5) is 26.9. The second-order valence-electron chi connectivity index (χ2n) is 10.1. The first-order valence-electron chi connectivity index (χ1n) is 13.3. The van der Waals surface area contributed by atoms with E-state index in [1.54, 1.807) is 24.3 Å². The van der Waals surface area contributed by atoms with Crippen molar-refractivity contribution in [1.29, 1.82) is 0 Å². The van der Waals surface area contributed by atoms with Crippen LogP contribution in [0.2, 0.25) is 0 Å². The Balaban J connectivity index is 1.26. The highest BCUT2D eigenvalue weighted by atomic mass is 19.4. The Labute approximate surface area is 231 Å². The fraction of sp³-hybridized carbons (Fsp3) is 0.250. The average molecular weight is 546 g/mol. The molecule has 1 aliphatic heterocycles. The lowest BCUT2D eigenvalue weighted by molar-refractivity contribution is -0.0899. The Morgan fingerprint density at radius 3 is 2.45 bits per heavy atom. The molecule has 0 saturated carbocycles. The summed E-state index contributed by atoms with van der Waals surface area (Å²) in [7, 11) is 0. The molecular weight excluding hydrogens is 515 g/mol. The van der Waals surface area contributed by atoms with Gasteiger partial charge in [-0.25, -0.2) is 0 Å². The van der Waals surface area contributed by atoms with E-state index >= 15 is 0 Å². The molecule has 2 amide bonds. The van der Waals surface area contributed by atoms with Crippen LogP contribution in [0.25, 0.3) is 11.1 Å². The molecule has 0 atom stereocenters. The maximum atomic E-state index is 13.3. The van der Waals surface area contributed by atoms with Gasteiger partial charge in [0.05, 0.1) is 5.57 Å². The van der Waals surface area contributed by atoms with Gasteiger partial charge in [-0.1, -0.05) is 54.6 Å². The van der Waals surface area contributed by atoms with Crippen molar-refractivity contribution >= 4 is 17.5 Å². The van der Waals surface area contributed by atoms with E-state index in [1.807, 2.05) is 48.5 Å². The Morgan fingerprint density at radius 2 is 1.70 bits per heavy atom. The zero-order valence-corrected chi connectivity index (χ0v) is 21.9. The van der Waals surface area contributed by atoms with E-state index in [9.17, 15) is 22.8 Å². The summed E-state index contributed by atoms with van der Waals surface area (Å²) in [6, 6.07) is 20.8. The molecule has 0 bridgehead atoms. The van der Waals surface area contributed by atoms with E-state index in [1.165, 1.54) is 6.08 Å². The molecule has 2 aliphatic rings. The van der Waals surface area contributed by atoms with E-state index in [-0.39, 0.29) is 18.0 Å². The maximum Gasteiger partial charge on any atom is 0.416 e. The highest BCUT2D eigenvalue weighted by Crippen LogP contribution is 2.34. The lowest BCUT2D eigenvalue weighted by Gasteiger charge is -2.32. The molecule has 1 aliphatic carbocycles. The number of hydrogen-bond donors (Lipinski definition) is 2. The second kappa shape index (κ2) is 11.4. The molecule has 0 spiro atoms. The number of hydrogen-bond acceptors (Lipinski definition) is 3. The molecule has 0 unspecified atom stereocenters. The predicted molar refractivity (Wildman–Crippen MR) is 150 cm³/mol. The number of nitrogens with two attached hydrogens (primary N) is 1. The van der Waals surface area contributed by atoms with Crippen molar-refractivity contribution in [2.75, 3.05) is 18.0 Å². The normalized spacial score (nSPS) is 15.1. The van der Waals surface area contributed by atoms with Crippen molar-refractivity contribution in [2.24, 2.45) is 5.73 Å². The van der Waals surface area contributed by atoms with Crippen LogP contribution in [-0.4, -0.2) is 31.1 Å². The monoisotopic (exact) mass is 545 g/mol. The van der Waals surface area contributed by atoms with Crippen molar-refractivity contribution in [3.63, 3.8) is 0 Å². The minimum Gasteiger partial charge on any atom is -0.367 e. The fourth-order valence-corrected chi connectivity index (χ4v) is 5.41. The number of fused-ring (bicyclic) bond motifs is 1. The number of alkyl halides is 3. The summed E-state index contributed by atoms with van der Waals surface area (Å²) < 4.78 is 40.0. The highest BCUT2D eigenvalue weighted by molar-refractivity contribution is 5.99. The number of carbonyl (C=O) groups excluding carboxylic acids is 2. The van der Waals surface area contributed by atoms with Gasteiger partial charge in [0.15, 0.2) is 0 Å². The molecule has 3 aromatic rings. The number of carbonyl (C=O) groups is 2. The largest absolute Gasteiger partial charge is 0.416 e. The first-order chi connectivity index (χ1) is 19.2. The molecule has 1 heterocycles. The molecule has 3 aromatic carbocycles. The zero-order chi connectivity index (χ0) is 28.3. The van der Waals surface area contributed by atoms with Gasteiger partial charge in [0.1, 0.15) is 0 Å². The number of primary amides is 1. The Hall–Kier alpha value is -4.33. The van der Waals surface area contributed by atoms with Gasteiger partial charge in [0.2, 0.25) is 5.91 Å². The summed E-state index contributed by atoms with van der Waals surface area (Å²) in [5, 5.41) is 2.67. The van der Waals surface area contributed by atoms with E-state index in [0.717, 1.165) is 47.3 Å². The third kappa shape index (κ3) is 5.96. The minimum absolute atomic E-state index is 0.111. The number of nitrogens with zero attached hydrogens (tertiary/aromatic N) is 1. The van der Waals surface area contributed by atoms with E-state index in [0.29, 0.717) is 30.5 Å². The molecule has 0 radical (unpaired) electrons. The number of aryl methyl sites for hydroxylation is 1. The lowest BCUT2D eigenvalue weighted by Crippen LogP contribution is -2.31. The van der Waals surface area contributed by atoms with Crippen LogP contribution < -0.4 is 16.0 Å². The predicted octanol–water partition coefficient (Wildman–Crippen LogP) is 6.34. The Bertz CT molecular complexity index is 1490. The number of benzene rings is 3. The van der Waals surface area contributed by atoms with E-state index in [4.69, 9.17) is 5.73 Å². The molecule has 8 heteroatoms. The van der Waals surface area contributed by atoms with E-state index < -0.39 is 17.7 Å². The van der Waals surface area contributed by atoms with Crippen molar-refractivity contribution < 1.29 is 22.8 Å². The number of rotatable bonds is 7. The van der Waals surface area contributed by atoms with Gasteiger partial charge in [-0.2, -0.15) is 13.2 Å². The fourth-order valence-electron chi connectivity index (χ4n) is 5.41. The highest BCUT2D eigenvalue weighted by Gasteiger charge is 2.36. The average Bonchev–Trinajstić information content (AvgIpc) is 2.96. The van der Waals surface area contributed by atoms with Crippen LogP contribution in [-0.2, 0) is 13.0 Å². The molecule has 5 nitrogen and oxygen atoms in total. The molecule has 3 N–H and O–H groups in total. The third-order valence-corrected chi connectivity index (χ3v) is 7.38. The van der Waals surface area contributed by atoms with Gasteiger partial charge in [-0.05, 0) is 77.8 Å². The number of nitrogens with one attached hydrogen (secondary N) is 1. The van der Waals surface area contributed by atoms with Crippen LogP contribution in [0.1, 0.15) is 51.1 Å². The first-order valence-corrected chi connectivity index (χ1v) is 13.3. The molecule has 40 heavy (non-hydrogen) atoms. The molecule has 0 fully saturated rings. The summed E-state index contributed by atoms with van der Waals surface area (Å²) in [5.41, 5.74) is 10.8. The second-order valence-corrected chi connectivity index (χ2v) is 10.1. The van der Waals surface area contributed by atoms with Gasteiger partial charge in [0, 0.05) is 36.4 Å². The van der Waals surface area contributed by atoms with Gasteiger partial charge in [0.25, 0.3) is 5.91 Å². The summed E-state index contributed by atoms with van der Waals surface area (Å²) in [6.45, 7) is 1.38. The summed E-state index contributed by atoms with van der Waals surface area (Å²) in [5.74, 6) is -0.855. The molecular formula is C32H30F3N3O2. The molecule has 0 aromatic heterocycles. The lowest BCUT2D eigenvalue weighted by atomic mass is 9.96. The smallest absolute Gasteiger partial charge is 0.367 e. The van der Waals surface area contributed by atoms with Crippen LogP contribution in [0.4, 0.5) is 18.9 Å². The molecule has 0 saturated heterocycles. The Kier molecular flexibility index (Phi) is 7.78. The number of allylic oxidation sites excluding steroid dienone is 2. The van der Waals surface area contributed by atoms with Crippen LogP contribution in [0.5, 0.6) is 0 Å². The number of halogens is 3. The maximum absolute atomic E-state index is 13.3. The summed E-state index contributed by atoms with van der Waals surface area (Å²) in [6.07, 6.45) is 0.945. The number of anilines is 1. The van der Waals surface area contributed by atoms with Crippen LogP contribution in [0.3, 0.4) is 0 Å². The molecule has 5 rings (SSSR count). The van der Waals surface area contributed by atoms with Crippen LogP contribution in [0.15, 0.2) is 90.0 Å².